The molecule has 1 N–H and O–H groups in total. The molecule has 1 aliphatic rings. The Morgan fingerprint density at radius 3 is 2.41 bits per heavy atom. The van der Waals surface area contributed by atoms with Crippen molar-refractivity contribution < 1.29 is 4.79 Å². The lowest BCUT2D eigenvalue weighted by Crippen LogP contribution is -2.52. The summed E-state index contributed by atoms with van der Waals surface area (Å²) < 4.78 is 0. The Bertz CT molecular complexity index is 732. The van der Waals surface area contributed by atoms with E-state index in [-0.39, 0.29) is 6.03 Å². The molecule has 1 aliphatic heterocycles. The van der Waals surface area contributed by atoms with Crippen molar-refractivity contribution in [2.45, 2.75) is 6.54 Å². The molecule has 1 fully saturated rings. The molecule has 1 saturated heterocycles. The van der Waals surface area contributed by atoms with E-state index in [0.717, 1.165) is 36.9 Å². The van der Waals surface area contributed by atoms with E-state index in [4.69, 9.17) is 11.6 Å². The molecule has 2 aromatic rings. The van der Waals surface area contributed by atoms with Crippen LogP contribution in [0.25, 0.3) is 0 Å². The van der Waals surface area contributed by atoms with Gasteiger partial charge in [0, 0.05) is 45.8 Å². The second kappa shape index (κ2) is 9.62. The van der Waals surface area contributed by atoms with Crippen LogP contribution in [0, 0.1) is 0 Å². The summed E-state index contributed by atoms with van der Waals surface area (Å²) >= 11 is 6.27. The summed E-state index contributed by atoms with van der Waals surface area (Å²) in [6.45, 7) is 5.35. The average Bonchev–Trinajstić information content (AvgIpc) is 2.69. The first-order valence-electron chi connectivity index (χ1n) is 9.38. The molecule has 3 rings (SSSR count). The minimum Gasteiger partial charge on any atom is -0.367 e. The quantitative estimate of drug-likeness (QED) is 0.827. The van der Waals surface area contributed by atoms with E-state index >= 15 is 0 Å². The molecular weight excluding hydrogens is 360 g/mol. The maximum absolute atomic E-state index is 12.4. The summed E-state index contributed by atoms with van der Waals surface area (Å²) in [4.78, 5) is 18.7. The van der Waals surface area contributed by atoms with Crippen LogP contribution in [0.3, 0.4) is 0 Å². The average molecular weight is 387 g/mol. The minimum absolute atomic E-state index is 0.0157. The highest BCUT2D eigenvalue weighted by Gasteiger charge is 2.22. The van der Waals surface area contributed by atoms with E-state index < -0.39 is 0 Å². The van der Waals surface area contributed by atoms with Crippen molar-refractivity contribution in [3.8, 4) is 0 Å². The van der Waals surface area contributed by atoms with Gasteiger partial charge >= 0.3 is 6.03 Å². The molecule has 5 nitrogen and oxygen atoms in total. The zero-order chi connectivity index (χ0) is 19.1. The highest BCUT2D eigenvalue weighted by Crippen LogP contribution is 2.25. The molecule has 2 aromatic carbocycles. The number of amides is 2. The van der Waals surface area contributed by atoms with Gasteiger partial charge in [-0.1, -0.05) is 54.1 Å². The van der Waals surface area contributed by atoms with E-state index in [2.05, 4.69) is 34.3 Å². The number of carbonyl (C=O) groups excluding carboxylic acids is 1. The van der Waals surface area contributed by atoms with Crippen LogP contribution < -0.4 is 10.2 Å². The minimum atomic E-state index is 0.0157. The highest BCUT2D eigenvalue weighted by molar-refractivity contribution is 6.33. The van der Waals surface area contributed by atoms with Gasteiger partial charge in [0.15, 0.2) is 0 Å². The molecule has 0 saturated carbocycles. The maximum atomic E-state index is 12.4. The number of para-hydroxylation sites is 1. The van der Waals surface area contributed by atoms with Crippen molar-refractivity contribution in [1.82, 2.24) is 15.1 Å². The van der Waals surface area contributed by atoms with Gasteiger partial charge in [-0.25, -0.2) is 4.79 Å². The van der Waals surface area contributed by atoms with Gasteiger partial charge in [0.1, 0.15) is 0 Å². The number of likely N-dealkylation sites (N-methyl/N-ethyl adjacent to an activating group) is 1. The van der Waals surface area contributed by atoms with Gasteiger partial charge in [-0.3, -0.25) is 0 Å². The van der Waals surface area contributed by atoms with Crippen molar-refractivity contribution in [2.75, 3.05) is 51.2 Å². The first kappa shape index (κ1) is 19.5. The second-order valence-corrected chi connectivity index (χ2v) is 7.29. The van der Waals surface area contributed by atoms with E-state index in [9.17, 15) is 4.79 Å². The molecule has 0 aromatic heterocycles. The number of carbonyl (C=O) groups is 1. The number of urea groups is 1. The molecule has 2 amide bonds. The maximum Gasteiger partial charge on any atom is 0.317 e. The largest absolute Gasteiger partial charge is 0.367 e. The molecule has 1 heterocycles. The lowest BCUT2D eigenvalue weighted by Gasteiger charge is -2.36. The predicted molar refractivity (Wildman–Crippen MR) is 111 cm³/mol. The summed E-state index contributed by atoms with van der Waals surface area (Å²) in [5, 5.41) is 3.80. The first-order valence-corrected chi connectivity index (χ1v) is 9.76. The number of anilines is 1. The van der Waals surface area contributed by atoms with Crippen LogP contribution in [0.1, 0.15) is 5.56 Å². The molecule has 0 unspecified atom stereocenters. The van der Waals surface area contributed by atoms with Gasteiger partial charge in [0.25, 0.3) is 0 Å². The lowest BCUT2D eigenvalue weighted by molar-refractivity contribution is 0.192. The molecule has 0 radical (unpaired) electrons. The van der Waals surface area contributed by atoms with E-state index in [1.54, 1.807) is 0 Å². The van der Waals surface area contributed by atoms with Crippen LogP contribution in [0.15, 0.2) is 54.6 Å². The second-order valence-electron chi connectivity index (χ2n) is 6.88. The third kappa shape index (κ3) is 5.62. The van der Waals surface area contributed by atoms with Gasteiger partial charge in [-0.05, 0) is 24.7 Å². The number of rotatable bonds is 6. The number of nitrogens with zero attached hydrogens (tertiary/aromatic N) is 3. The molecule has 27 heavy (non-hydrogen) atoms. The van der Waals surface area contributed by atoms with Gasteiger partial charge in [-0.15, -0.1) is 0 Å². The van der Waals surface area contributed by atoms with Crippen LogP contribution in [0.2, 0.25) is 5.02 Å². The van der Waals surface area contributed by atoms with Crippen LogP contribution in [-0.2, 0) is 6.54 Å². The summed E-state index contributed by atoms with van der Waals surface area (Å²) in [5.41, 5.74) is 2.32. The Morgan fingerprint density at radius 2 is 1.70 bits per heavy atom. The number of nitrogens with one attached hydrogen (secondary N) is 1. The van der Waals surface area contributed by atoms with Crippen LogP contribution >= 0.6 is 11.6 Å². The van der Waals surface area contributed by atoms with Crippen LogP contribution in [-0.4, -0.2) is 62.1 Å². The zero-order valence-corrected chi connectivity index (χ0v) is 16.5. The van der Waals surface area contributed by atoms with Gasteiger partial charge in [0.2, 0.25) is 0 Å². The standard InChI is InChI=1S/C21H27ClN4O/c1-24(17-18-7-3-2-4-8-18)12-11-23-21(27)26-15-13-25(14-16-26)20-10-6-5-9-19(20)22/h2-10H,11-17H2,1H3,(H,23,27). The van der Waals surface area contributed by atoms with Gasteiger partial charge in [0.05, 0.1) is 10.7 Å². The van der Waals surface area contributed by atoms with Crippen molar-refractivity contribution in [1.29, 1.82) is 0 Å². The first-order chi connectivity index (χ1) is 13.1. The zero-order valence-electron chi connectivity index (χ0n) is 15.8. The summed E-state index contributed by atoms with van der Waals surface area (Å²) in [5.74, 6) is 0. The number of hydrogen-bond donors (Lipinski definition) is 1. The molecule has 0 atom stereocenters. The predicted octanol–water partition coefficient (Wildman–Crippen LogP) is 3.30. The fourth-order valence-electron chi connectivity index (χ4n) is 3.30. The van der Waals surface area contributed by atoms with Crippen molar-refractivity contribution in [3.63, 3.8) is 0 Å². The summed E-state index contributed by atoms with van der Waals surface area (Å²) in [6, 6.07) is 18.2. The topological polar surface area (TPSA) is 38.8 Å². The number of benzene rings is 2. The van der Waals surface area contributed by atoms with E-state index in [1.807, 2.05) is 47.4 Å². The smallest absolute Gasteiger partial charge is 0.317 e. The molecule has 0 aliphatic carbocycles. The van der Waals surface area contributed by atoms with E-state index in [0.29, 0.717) is 19.6 Å². The van der Waals surface area contributed by atoms with Crippen LogP contribution in [0.5, 0.6) is 0 Å². The Kier molecular flexibility index (Phi) is 6.96. The fourth-order valence-corrected chi connectivity index (χ4v) is 3.55. The summed E-state index contributed by atoms with van der Waals surface area (Å²) in [7, 11) is 2.07. The number of hydrogen-bond acceptors (Lipinski definition) is 3. The van der Waals surface area contributed by atoms with E-state index in [1.165, 1.54) is 5.56 Å². The number of halogens is 1. The highest BCUT2D eigenvalue weighted by atomic mass is 35.5. The van der Waals surface area contributed by atoms with Gasteiger partial charge in [-0.2, -0.15) is 0 Å². The van der Waals surface area contributed by atoms with Crippen molar-refractivity contribution in [2.24, 2.45) is 0 Å². The Labute approximate surface area is 166 Å². The normalized spacial score (nSPS) is 14.5. The Hall–Kier alpha value is -2.24. The molecule has 144 valence electrons. The third-order valence-electron chi connectivity index (χ3n) is 4.83. The molecule has 0 bridgehead atoms. The molecule has 6 heteroatoms. The fraction of sp³-hybridized carbons (Fsp3) is 0.381. The Morgan fingerprint density at radius 1 is 1.04 bits per heavy atom. The van der Waals surface area contributed by atoms with Crippen molar-refractivity contribution in [3.05, 3.63) is 65.2 Å². The SMILES string of the molecule is CN(CCNC(=O)N1CCN(c2ccccc2Cl)CC1)Cc1ccccc1. The third-order valence-corrected chi connectivity index (χ3v) is 5.14. The number of piperazine rings is 1. The Balaban J connectivity index is 1.38. The van der Waals surface area contributed by atoms with Gasteiger partial charge < -0.3 is 20.0 Å². The molecular formula is C21H27ClN4O. The van der Waals surface area contributed by atoms with Crippen molar-refractivity contribution >= 4 is 23.3 Å². The van der Waals surface area contributed by atoms with Crippen LogP contribution in [0.4, 0.5) is 10.5 Å². The molecule has 0 spiro atoms. The lowest BCUT2D eigenvalue weighted by atomic mass is 10.2. The summed E-state index contributed by atoms with van der Waals surface area (Å²) in [6.07, 6.45) is 0. The monoisotopic (exact) mass is 386 g/mol.